The molecule has 0 fully saturated rings. The van der Waals surface area contributed by atoms with Crippen molar-refractivity contribution in [3.8, 4) is 0 Å². The molecule has 0 aromatic carbocycles. The van der Waals surface area contributed by atoms with Crippen molar-refractivity contribution in [3.05, 3.63) is 0 Å². The monoisotopic (exact) mass is 204 g/mol. The van der Waals surface area contributed by atoms with Gasteiger partial charge in [-0.15, -0.1) is 0 Å². The molecule has 0 spiro atoms. The SMILES string of the molecule is CCCOC(C)(C)C(C)(C)OB(O)O. The molecule has 0 unspecified atom stereocenters. The van der Waals surface area contributed by atoms with Gasteiger partial charge in [-0.2, -0.15) is 0 Å². The van der Waals surface area contributed by atoms with E-state index in [2.05, 4.69) is 0 Å². The fourth-order valence-electron chi connectivity index (χ4n) is 0.936. The first-order chi connectivity index (χ1) is 6.23. The minimum atomic E-state index is -1.77. The molecule has 84 valence electrons. The van der Waals surface area contributed by atoms with E-state index in [0.717, 1.165) is 6.42 Å². The molecule has 0 saturated heterocycles. The first-order valence-electron chi connectivity index (χ1n) is 4.91. The van der Waals surface area contributed by atoms with E-state index in [1.165, 1.54) is 0 Å². The van der Waals surface area contributed by atoms with Crippen LogP contribution in [0.1, 0.15) is 41.0 Å². The van der Waals surface area contributed by atoms with Gasteiger partial charge in [0.25, 0.3) is 0 Å². The Morgan fingerprint density at radius 2 is 1.57 bits per heavy atom. The zero-order valence-electron chi connectivity index (χ0n) is 9.70. The smallest absolute Gasteiger partial charge is 0.402 e. The van der Waals surface area contributed by atoms with Crippen LogP contribution in [-0.4, -0.2) is 35.2 Å². The van der Waals surface area contributed by atoms with Crippen molar-refractivity contribution in [2.45, 2.75) is 52.2 Å². The van der Waals surface area contributed by atoms with Gasteiger partial charge in [0.1, 0.15) is 0 Å². The number of hydrogen-bond acceptors (Lipinski definition) is 4. The number of hydrogen-bond donors (Lipinski definition) is 2. The van der Waals surface area contributed by atoms with Crippen molar-refractivity contribution >= 4 is 7.32 Å². The average Bonchev–Trinajstić information content (AvgIpc) is 1.98. The standard InChI is InChI=1S/C9H21BO4/c1-6-7-13-8(2,3)9(4,5)14-10(11)12/h11-12H,6-7H2,1-5H3. The van der Waals surface area contributed by atoms with Gasteiger partial charge in [0.05, 0.1) is 11.2 Å². The van der Waals surface area contributed by atoms with Crippen LogP contribution >= 0.6 is 0 Å². The van der Waals surface area contributed by atoms with Crippen molar-refractivity contribution < 1.29 is 19.4 Å². The normalized spacial score (nSPS) is 13.1. The molecule has 0 heterocycles. The maximum absolute atomic E-state index is 8.75. The second kappa shape index (κ2) is 5.12. The summed E-state index contributed by atoms with van der Waals surface area (Å²) >= 11 is 0. The molecule has 0 aromatic rings. The third kappa shape index (κ3) is 3.96. The van der Waals surface area contributed by atoms with Crippen LogP contribution in [0, 0.1) is 0 Å². The Bertz CT molecular complexity index is 168. The average molecular weight is 204 g/mol. The predicted molar refractivity (Wildman–Crippen MR) is 55.7 cm³/mol. The molecule has 0 radical (unpaired) electrons. The van der Waals surface area contributed by atoms with E-state index in [1.807, 2.05) is 20.8 Å². The maximum Gasteiger partial charge on any atom is 0.634 e. The number of ether oxygens (including phenoxy) is 1. The third-order valence-corrected chi connectivity index (χ3v) is 2.52. The second-order valence-electron chi connectivity index (χ2n) is 4.31. The minimum Gasteiger partial charge on any atom is -0.402 e. The summed E-state index contributed by atoms with van der Waals surface area (Å²) in [6.45, 7) is 9.91. The summed E-state index contributed by atoms with van der Waals surface area (Å²) < 4.78 is 10.6. The van der Waals surface area contributed by atoms with Crippen LogP contribution in [0.15, 0.2) is 0 Å². The molecular formula is C9H21BO4. The zero-order chi connectivity index (χ0) is 11.4. The zero-order valence-corrected chi connectivity index (χ0v) is 9.70. The molecular weight excluding hydrogens is 183 g/mol. The highest BCUT2D eigenvalue weighted by atomic mass is 16.6. The van der Waals surface area contributed by atoms with Crippen molar-refractivity contribution in [1.29, 1.82) is 0 Å². The van der Waals surface area contributed by atoms with E-state index in [-0.39, 0.29) is 0 Å². The van der Waals surface area contributed by atoms with Gasteiger partial charge in [-0.1, -0.05) is 6.92 Å². The first-order valence-corrected chi connectivity index (χ1v) is 4.91. The summed E-state index contributed by atoms with van der Waals surface area (Å²) in [6.07, 6.45) is 0.918. The highest BCUT2D eigenvalue weighted by Crippen LogP contribution is 2.29. The summed E-state index contributed by atoms with van der Waals surface area (Å²) in [5.74, 6) is 0. The Labute approximate surface area is 86.4 Å². The lowest BCUT2D eigenvalue weighted by Crippen LogP contribution is -2.52. The Morgan fingerprint density at radius 3 is 1.93 bits per heavy atom. The lowest BCUT2D eigenvalue weighted by Gasteiger charge is -2.41. The minimum absolute atomic E-state index is 0.563. The number of rotatable bonds is 6. The molecule has 0 aliphatic heterocycles. The van der Waals surface area contributed by atoms with Crippen LogP contribution in [0.2, 0.25) is 0 Å². The van der Waals surface area contributed by atoms with Gasteiger partial charge in [-0.25, -0.2) is 0 Å². The summed E-state index contributed by atoms with van der Waals surface area (Å²) in [6, 6.07) is 0. The van der Waals surface area contributed by atoms with Crippen molar-refractivity contribution in [1.82, 2.24) is 0 Å². The van der Waals surface area contributed by atoms with Gasteiger partial charge in [0.2, 0.25) is 0 Å². The van der Waals surface area contributed by atoms with Gasteiger partial charge >= 0.3 is 7.32 Å². The predicted octanol–water partition coefficient (Wildman–Crippen LogP) is 0.956. The molecule has 2 N–H and O–H groups in total. The van der Waals surface area contributed by atoms with Crippen molar-refractivity contribution in [2.75, 3.05) is 6.61 Å². The Morgan fingerprint density at radius 1 is 1.07 bits per heavy atom. The van der Waals surface area contributed by atoms with E-state index < -0.39 is 18.5 Å². The fraction of sp³-hybridized carbons (Fsp3) is 1.00. The molecule has 0 atom stereocenters. The largest absolute Gasteiger partial charge is 0.634 e. The van der Waals surface area contributed by atoms with Gasteiger partial charge in [-0.05, 0) is 34.1 Å². The Kier molecular flexibility index (Phi) is 5.08. The van der Waals surface area contributed by atoms with E-state index in [1.54, 1.807) is 13.8 Å². The molecule has 0 aliphatic carbocycles. The molecule has 0 aromatic heterocycles. The lowest BCUT2D eigenvalue weighted by molar-refractivity contribution is -0.146. The van der Waals surface area contributed by atoms with Crippen molar-refractivity contribution in [3.63, 3.8) is 0 Å². The van der Waals surface area contributed by atoms with Crippen molar-refractivity contribution in [2.24, 2.45) is 0 Å². The Balaban J connectivity index is 4.35. The van der Waals surface area contributed by atoms with Crippen LogP contribution < -0.4 is 0 Å². The first kappa shape index (κ1) is 13.9. The molecule has 4 nitrogen and oxygen atoms in total. The summed E-state index contributed by atoms with van der Waals surface area (Å²) in [5, 5.41) is 17.5. The van der Waals surface area contributed by atoms with Gasteiger partial charge in [0, 0.05) is 6.61 Å². The van der Waals surface area contributed by atoms with Crippen LogP contribution in [0.3, 0.4) is 0 Å². The highest BCUT2D eigenvalue weighted by molar-refractivity contribution is 6.32. The van der Waals surface area contributed by atoms with Gasteiger partial charge in [-0.3, -0.25) is 0 Å². The van der Waals surface area contributed by atoms with Gasteiger partial charge < -0.3 is 19.4 Å². The molecule has 0 rings (SSSR count). The second-order valence-corrected chi connectivity index (χ2v) is 4.31. The lowest BCUT2D eigenvalue weighted by atomic mass is 9.87. The van der Waals surface area contributed by atoms with Gasteiger partial charge in [0.15, 0.2) is 0 Å². The van der Waals surface area contributed by atoms with E-state index in [4.69, 9.17) is 19.4 Å². The summed E-state index contributed by atoms with van der Waals surface area (Å²) in [5.41, 5.74) is -1.32. The summed E-state index contributed by atoms with van der Waals surface area (Å²) in [4.78, 5) is 0. The highest BCUT2D eigenvalue weighted by Gasteiger charge is 2.41. The molecule has 0 saturated carbocycles. The van der Waals surface area contributed by atoms with E-state index in [0.29, 0.717) is 6.61 Å². The molecule has 0 aliphatic rings. The molecule has 5 heteroatoms. The molecule has 14 heavy (non-hydrogen) atoms. The maximum atomic E-state index is 8.75. The van der Waals surface area contributed by atoms with Crippen LogP contribution in [0.4, 0.5) is 0 Å². The third-order valence-electron chi connectivity index (χ3n) is 2.52. The fourth-order valence-corrected chi connectivity index (χ4v) is 0.936. The Hall–Kier alpha value is -0.0951. The van der Waals surface area contributed by atoms with Crippen LogP contribution in [-0.2, 0) is 9.39 Å². The van der Waals surface area contributed by atoms with E-state index in [9.17, 15) is 0 Å². The quantitative estimate of drug-likeness (QED) is 0.632. The topological polar surface area (TPSA) is 58.9 Å². The molecule has 0 bridgehead atoms. The molecule has 0 amide bonds. The van der Waals surface area contributed by atoms with Crippen LogP contribution in [0.25, 0.3) is 0 Å². The van der Waals surface area contributed by atoms with Crippen LogP contribution in [0.5, 0.6) is 0 Å². The summed E-state index contributed by atoms with van der Waals surface area (Å²) in [7, 11) is -1.77. The van der Waals surface area contributed by atoms with E-state index >= 15 is 0 Å².